The number of carboxylic acid groups (broad SMARTS) is 1. The molecule has 1 amide bonds. The summed E-state index contributed by atoms with van der Waals surface area (Å²) in [6, 6.07) is 10.4. The average Bonchev–Trinajstić information content (AvgIpc) is 3.43. The van der Waals surface area contributed by atoms with Crippen LogP contribution in [0.1, 0.15) is 65.5 Å². The molecule has 0 fully saturated rings. The summed E-state index contributed by atoms with van der Waals surface area (Å²) < 4.78 is 53.6. The Morgan fingerprint density at radius 2 is 1.88 bits per heavy atom. The third-order valence-corrected chi connectivity index (χ3v) is 7.25. The fraction of sp³-hybridized carbons (Fsp3) is 0.379. The number of hydrogen-bond acceptors (Lipinski definition) is 6. The number of halogens is 3. The van der Waals surface area contributed by atoms with Crippen molar-refractivity contribution in [2.45, 2.75) is 51.7 Å². The summed E-state index contributed by atoms with van der Waals surface area (Å²) in [4.78, 5) is 29.4. The number of carbonyl (C=O) groups excluding carboxylic acids is 1. The number of amides is 1. The Kier molecular flexibility index (Phi) is 8.00. The first-order valence-electron chi connectivity index (χ1n) is 13.4. The fourth-order valence-corrected chi connectivity index (χ4v) is 5.25. The van der Waals surface area contributed by atoms with Gasteiger partial charge in [-0.25, -0.2) is 19.3 Å². The van der Waals surface area contributed by atoms with Crippen molar-refractivity contribution in [3.8, 4) is 11.6 Å². The van der Waals surface area contributed by atoms with Gasteiger partial charge in [-0.15, -0.1) is 0 Å². The number of hydrogen-bond donors (Lipinski definition) is 1. The Morgan fingerprint density at radius 3 is 2.63 bits per heavy atom. The van der Waals surface area contributed by atoms with Gasteiger partial charge in [0, 0.05) is 13.1 Å². The zero-order chi connectivity index (χ0) is 29.1. The minimum atomic E-state index is -4.86. The van der Waals surface area contributed by atoms with E-state index in [1.807, 2.05) is 18.2 Å². The zero-order valence-corrected chi connectivity index (χ0v) is 22.4. The highest BCUT2D eigenvalue weighted by Gasteiger charge is 2.41. The number of alkyl halides is 3. The van der Waals surface area contributed by atoms with Crippen molar-refractivity contribution < 1.29 is 37.3 Å². The van der Waals surface area contributed by atoms with Gasteiger partial charge < -0.3 is 19.5 Å². The number of aromatic nitrogens is 3. The Bertz CT molecular complexity index is 1500. The molecule has 0 atom stereocenters. The first-order valence-corrected chi connectivity index (χ1v) is 13.4. The van der Waals surface area contributed by atoms with Crippen LogP contribution in [-0.4, -0.2) is 56.6 Å². The van der Waals surface area contributed by atoms with Crippen LogP contribution in [0.3, 0.4) is 0 Å². The highest BCUT2D eigenvalue weighted by Crippen LogP contribution is 2.36. The molecule has 0 spiro atoms. The topological polar surface area (TPSA) is 107 Å². The van der Waals surface area contributed by atoms with Crippen molar-refractivity contribution in [2.75, 3.05) is 19.8 Å². The Morgan fingerprint density at radius 1 is 1.07 bits per heavy atom. The number of carbonyl (C=O) groups is 2. The summed E-state index contributed by atoms with van der Waals surface area (Å²) in [6.07, 6.45) is -1.01. The van der Waals surface area contributed by atoms with Gasteiger partial charge in [-0.2, -0.15) is 18.3 Å². The van der Waals surface area contributed by atoms with Crippen LogP contribution in [0.4, 0.5) is 18.0 Å². The third-order valence-electron chi connectivity index (χ3n) is 7.25. The molecule has 1 aromatic carbocycles. The molecule has 1 aliphatic heterocycles. The van der Waals surface area contributed by atoms with Gasteiger partial charge in [0.15, 0.2) is 11.5 Å². The van der Waals surface area contributed by atoms with Crippen LogP contribution in [0.5, 0.6) is 5.75 Å². The maximum absolute atomic E-state index is 14.0. The van der Waals surface area contributed by atoms with E-state index in [1.54, 1.807) is 12.1 Å². The summed E-state index contributed by atoms with van der Waals surface area (Å²) in [7, 11) is 0. The van der Waals surface area contributed by atoms with Crippen molar-refractivity contribution in [2.24, 2.45) is 0 Å². The molecule has 1 N–H and O–H groups in total. The number of fused-ring (bicyclic) bond motifs is 1. The normalized spacial score (nSPS) is 15.5. The van der Waals surface area contributed by atoms with Crippen LogP contribution in [0.2, 0.25) is 0 Å². The molecule has 5 rings (SSSR count). The lowest BCUT2D eigenvalue weighted by atomic mass is 9.90. The van der Waals surface area contributed by atoms with Crippen molar-refractivity contribution in [1.29, 1.82) is 0 Å². The lowest BCUT2D eigenvalue weighted by molar-refractivity contribution is -0.143. The molecule has 2 aromatic heterocycles. The maximum atomic E-state index is 14.0. The Labute approximate surface area is 234 Å². The third kappa shape index (κ3) is 6.06. The van der Waals surface area contributed by atoms with Crippen LogP contribution in [0, 0.1) is 0 Å². The first-order chi connectivity index (χ1) is 19.7. The average molecular weight is 571 g/mol. The number of esters is 1. The second kappa shape index (κ2) is 11.6. The molecule has 0 saturated heterocycles. The number of rotatable bonds is 7. The van der Waals surface area contributed by atoms with Gasteiger partial charge in [0.05, 0.1) is 18.5 Å². The quantitative estimate of drug-likeness (QED) is 0.352. The molecule has 0 radical (unpaired) electrons. The number of benzene rings is 1. The van der Waals surface area contributed by atoms with E-state index in [0.29, 0.717) is 48.7 Å². The Balaban J connectivity index is 1.41. The van der Waals surface area contributed by atoms with E-state index in [9.17, 15) is 27.9 Å². The van der Waals surface area contributed by atoms with E-state index in [4.69, 9.17) is 9.47 Å². The van der Waals surface area contributed by atoms with Crippen molar-refractivity contribution in [3.63, 3.8) is 0 Å². The predicted octanol–water partition coefficient (Wildman–Crippen LogP) is 5.91. The van der Waals surface area contributed by atoms with Gasteiger partial charge >= 0.3 is 18.2 Å². The summed E-state index contributed by atoms with van der Waals surface area (Å²) in [6.45, 7) is 2.51. The van der Waals surface area contributed by atoms with Gasteiger partial charge in [-0.3, -0.25) is 0 Å². The van der Waals surface area contributed by atoms with Gasteiger partial charge in [0.2, 0.25) is 0 Å². The maximum Gasteiger partial charge on any atom is 0.434 e. The number of ether oxygens (including phenoxy) is 2. The minimum absolute atomic E-state index is 0.0613. The van der Waals surface area contributed by atoms with E-state index in [0.717, 1.165) is 47.7 Å². The van der Waals surface area contributed by atoms with E-state index in [1.165, 1.54) is 17.9 Å². The molecule has 2 aliphatic rings. The SMILES string of the molecule is CCOC(=O)c1cnn(-c2cccc(C3=C(COc4ccc5c(c4)CCN(C(=O)O)C5)CCCC3)n2)c1C(F)(F)F. The Hall–Kier alpha value is -4.35. The van der Waals surface area contributed by atoms with E-state index in [2.05, 4.69) is 10.1 Å². The van der Waals surface area contributed by atoms with Gasteiger partial charge in [0.1, 0.15) is 17.9 Å². The van der Waals surface area contributed by atoms with Gasteiger partial charge in [0.25, 0.3) is 0 Å². The van der Waals surface area contributed by atoms with Crippen molar-refractivity contribution in [1.82, 2.24) is 19.7 Å². The minimum Gasteiger partial charge on any atom is -0.489 e. The zero-order valence-electron chi connectivity index (χ0n) is 22.4. The number of allylic oxidation sites excluding steroid dienone is 1. The van der Waals surface area contributed by atoms with E-state index in [-0.39, 0.29) is 12.4 Å². The summed E-state index contributed by atoms with van der Waals surface area (Å²) in [5, 5.41) is 13.1. The molecule has 3 aromatic rings. The molecule has 0 unspecified atom stereocenters. The molecule has 12 heteroatoms. The molecule has 216 valence electrons. The molecule has 41 heavy (non-hydrogen) atoms. The van der Waals surface area contributed by atoms with E-state index < -0.39 is 29.5 Å². The van der Waals surface area contributed by atoms with Crippen molar-refractivity contribution >= 4 is 17.6 Å². The summed E-state index contributed by atoms with van der Waals surface area (Å²) in [5.41, 5.74) is 2.56. The monoisotopic (exact) mass is 570 g/mol. The molecule has 9 nitrogen and oxygen atoms in total. The smallest absolute Gasteiger partial charge is 0.434 e. The van der Waals surface area contributed by atoms with Gasteiger partial charge in [-0.05, 0) is 85.6 Å². The summed E-state index contributed by atoms with van der Waals surface area (Å²) in [5.74, 6) is -0.489. The standard InChI is InChI=1S/C29H29F3N4O5/c1-2-40-27(37)23-15-33-36(26(23)29(30,31)32)25-9-5-8-24(34-25)22-7-4-3-6-20(22)17-41-21-11-10-19-16-35(28(38)39)13-12-18(19)14-21/h5,8-11,14-15H,2-4,6-7,12-13,16-17H2,1H3,(H,38,39). The highest BCUT2D eigenvalue weighted by atomic mass is 19.4. The second-order valence-corrected chi connectivity index (χ2v) is 9.88. The molecular formula is C29H29F3N4O5. The number of pyridine rings is 1. The fourth-order valence-electron chi connectivity index (χ4n) is 5.25. The first kappa shape index (κ1) is 28.2. The van der Waals surface area contributed by atoms with Crippen LogP contribution in [0.15, 0.2) is 48.2 Å². The number of nitrogens with zero attached hydrogens (tertiary/aromatic N) is 4. The van der Waals surface area contributed by atoms with E-state index >= 15 is 0 Å². The molecule has 0 saturated carbocycles. The van der Waals surface area contributed by atoms with Crippen LogP contribution in [-0.2, 0) is 23.9 Å². The second-order valence-electron chi connectivity index (χ2n) is 9.88. The molecule has 1 aliphatic carbocycles. The van der Waals surface area contributed by atoms with Gasteiger partial charge in [-0.1, -0.05) is 12.1 Å². The lowest BCUT2D eigenvalue weighted by Gasteiger charge is -2.27. The molecule has 3 heterocycles. The molecular weight excluding hydrogens is 541 g/mol. The summed E-state index contributed by atoms with van der Waals surface area (Å²) >= 11 is 0. The van der Waals surface area contributed by atoms with Crippen LogP contribution in [0.25, 0.3) is 11.4 Å². The highest BCUT2D eigenvalue weighted by molar-refractivity contribution is 5.90. The largest absolute Gasteiger partial charge is 0.489 e. The van der Waals surface area contributed by atoms with Crippen LogP contribution >= 0.6 is 0 Å². The van der Waals surface area contributed by atoms with Crippen molar-refractivity contribution in [3.05, 3.63) is 76.2 Å². The molecule has 0 bridgehead atoms. The lowest BCUT2D eigenvalue weighted by Crippen LogP contribution is -2.34. The predicted molar refractivity (Wildman–Crippen MR) is 142 cm³/mol. The van der Waals surface area contributed by atoms with Crippen LogP contribution < -0.4 is 4.74 Å².